The molecule has 0 amide bonds. The zero-order valence-electron chi connectivity index (χ0n) is 17.3. The minimum atomic E-state index is 0.743. The highest BCUT2D eigenvalue weighted by Gasteiger charge is 2.13. The van der Waals surface area contributed by atoms with E-state index in [1.807, 2.05) is 12.1 Å². The van der Waals surface area contributed by atoms with Crippen LogP contribution in [0.25, 0.3) is 10.8 Å². The van der Waals surface area contributed by atoms with E-state index in [1.54, 1.807) is 7.11 Å². The van der Waals surface area contributed by atoms with Gasteiger partial charge in [0, 0.05) is 29.9 Å². The molecular weight excluding hydrogens is 358 g/mol. The number of fused-ring (bicyclic) bond motifs is 1. The predicted octanol–water partition coefficient (Wildman–Crippen LogP) is 5.00. The highest BCUT2D eigenvalue weighted by atomic mass is 16.5. The molecule has 1 aromatic heterocycles. The number of benzene rings is 3. The van der Waals surface area contributed by atoms with Gasteiger partial charge in [-0.3, -0.25) is 4.68 Å². The molecule has 1 N–H and O–H groups in total. The largest absolute Gasteiger partial charge is 0.496 e. The maximum Gasteiger partial charge on any atom is 0.123 e. The number of ether oxygens (including phenoxy) is 1. The maximum absolute atomic E-state index is 5.62. The van der Waals surface area contributed by atoms with Crippen LogP contribution < -0.4 is 10.1 Å². The summed E-state index contributed by atoms with van der Waals surface area (Å²) in [6, 6.07) is 23.1. The van der Waals surface area contributed by atoms with Crippen LogP contribution >= 0.6 is 0 Å². The molecule has 0 spiro atoms. The summed E-state index contributed by atoms with van der Waals surface area (Å²) in [6.45, 7) is 6.55. The van der Waals surface area contributed by atoms with Crippen LogP contribution in [-0.4, -0.2) is 16.9 Å². The van der Waals surface area contributed by atoms with Gasteiger partial charge in [0.15, 0.2) is 0 Å². The molecule has 29 heavy (non-hydrogen) atoms. The summed E-state index contributed by atoms with van der Waals surface area (Å²) >= 11 is 0. The fourth-order valence-corrected chi connectivity index (χ4v) is 3.90. The van der Waals surface area contributed by atoms with Gasteiger partial charge in [-0.2, -0.15) is 5.10 Å². The van der Waals surface area contributed by atoms with E-state index in [2.05, 4.69) is 78.4 Å². The first kappa shape index (κ1) is 19.2. The average Bonchev–Trinajstić information content (AvgIpc) is 3.01. The highest BCUT2D eigenvalue weighted by molar-refractivity contribution is 5.87. The van der Waals surface area contributed by atoms with Crippen molar-refractivity contribution in [3.05, 3.63) is 94.8 Å². The van der Waals surface area contributed by atoms with Crippen molar-refractivity contribution in [2.45, 2.75) is 33.5 Å². The quantitative estimate of drug-likeness (QED) is 0.487. The lowest BCUT2D eigenvalue weighted by atomic mass is 10.0. The minimum absolute atomic E-state index is 0.743. The molecule has 0 aliphatic carbocycles. The summed E-state index contributed by atoms with van der Waals surface area (Å²) < 4.78 is 7.72. The third-order valence-corrected chi connectivity index (χ3v) is 5.53. The average molecular weight is 386 g/mol. The van der Waals surface area contributed by atoms with Crippen LogP contribution in [0.5, 0.6) is 5.75 Å². The normalized spacial score (nSPS) is 11.1. The van der Waals surface area contributed by atoms with Gasteiger partial charge in [-0.05, 0) is 36.2 Å². The third kappa shape index (κ3) is 4.03. The zero-order valence-corrected chi connectivity index (χ0v) is 17.3. The van der Waals surface area contributed by atoms with Gasteiger partial charge in [0.2, 0.25) is 0 Å². The van der Waals surface area contributed by atoms with E-state index in [4.69, 9.17) is 9.84 Å². The Hall–Kier alpha value is -3.11. The molecular formula is C25H27N3O. The Morgan fingerprint density at radius 2 is 1.59 bits per heavy atom. The first-order valence-electron chi connectivity index (χ1n) is 9.99. The Morgan fingerprint density at radius 1 is 0.862 bits per heavy atom. The van der Waals surface area contributed by atoms with Crippen molar-refractivity contribution in [1.82, 2.24) is 15.1 Å². The molecule has 4 nitrogen and oxygen atoms in total. The Labute approximate surface area is 172 Å². The van der Waals surface area contributed by atoms with Crippen LogP contribution in [0.1, 0.15) is 28.1 Å². The molecule has 0 fully saturated rings. The molecule has 4 aromatic rings. The highest BCUT2D eigenvalue weighted by Crippen LogP contribution is 2.28. The zero-order chi connectivity index (χ0) is 20.2. The number of nitrogens with zero attached hydrogens (tertiary/aromatic N) is 2. The summed E-state index contributed by atoms with van der Waals surface area (Å²) in [4.78, 5) is 0. The number of hydrogen-bond donors (Lipinski definition) is 1. The topological polar surface area (TPSA) is 39.1 Å². The molecule has 0 saturated carbocycles. The molecule has 3 aromatic carbocycles. The van der Waals surface area contributed by atoms with E-state index in [0.29, 0.717) is 0 Å². The van der Waals surface area contributed by atoms with E-state index < -0.39 is 0 Å². The minimum Gasteiger partial charge on any atom is -0.496 e. The van der Waals surface area contributed by atoms with Gasteiger partial charge in [0.05, 0.1) is 19.3 Å². The number of methoxy groups -OCH3 is 1. The van der Waals surface area contributed by atoms with Crippen molar-refractivity contribution in [3.63, 3.8) is 0 Å². The van der Waals surface area contributed by atoms with Gasteiger partial charge in [-0.1, -0.05) is 60.7 Å². The van der Waals surface area contributed by atoms with Crippen molar-refractivity contribution in [1.29, 1.82) is 0 Å². The number of hydrogen-bond acceptors (Lipinski definition) is 3. The number of nitrogens with one attached hydrogen (secondary N) is 1. The summed E-state index contributed by atoms with van der Waals surface area (Å²) in [5, 5.41) is 10.8. The van der Waals surface area contributed by atoms with Crippen molar-refractivity contribution < 1.29 is 4.74 Å². The monoisotopic (exact) mass is 385 g/mol. The number of rotatable bonds is 7. The second-order valence-electron chi connectivity index (χ2n) is 7.36. The van der Waals surface area contributed by atoms with Crippen LogP contribution in [0.4, 0.5) is 0 Å². The molecule has 4 rings (SSSR count). The van der Waals surface area contributed by atoms with E-state index in [9.17, 15) is 0 Å². The van der Waals surface area contributed by atoms with Gasteiger partial charge >= 0.3 is 0 Å². The van der Waals surface area contributed by atoms with Crippen LogP contribution in [0.2, 0.25) is 0 Å². The molecule has 0 radical (unpaired) electrons. The fourth-order valence-electron chi connectivity index (χ4n) is 3.90. The van der Waals surface area contributed by atoms with Crippen molar-refractivity contribution in [3.8, 4) is 5.75 Å². The Morgan fingerprint density at radius 3 is 2.38 bits per heavy atom. The van der Waals surface area contributed by atoms with Gasteiger partial charge in [0.25, 0.3) is 0 Å². The lowest BCUT2D eigenvalue weighted by molar-refractivity contribution is 0.408. The molecule has 0 bridgehead atoms. The first-order valence-corrected chi connectivity index (χ1v) is 9.99. The standard InChI is InChI=1S/C25H27N3O/c1-18-23(19(2)28(27-18)17-20-9-5-4-6-10-20)15-26-16-24-22-12-8-7-11-21(22)13-14-25(24)29-3/h4-14,26H,15-17H2,1-3H3. The van der Waals surface area contributed by atoms with Crippen molar-refractivity contribution in [2.24, 2.45) is 0 Å². The molecule has 0 unspecified atom stereocenters. The lowest BCUT2D eigenvalue weighted by Crippen LogP contribution is -2.15. The second-order valence-corrected chi connectivity index (χ2v) is 7.36. The molecule has 0 aliphatic heterocycles. The third-order valence-electron chi connectivity index (χ3n) is 5.53. The molecule has 148 valence electrons. The van der Waals surface area contributed by atoms with Crippen LogP contribution in [-0.2, 0) is 19.6 Å². The summed E-state index contributed by atoms with van der Waals surface area (Å²) in [5.41, 5.74) is 6.01. The Bertz CT molecular complexity index is 1120. The smallest absolute Gasteiger partial charge is 0.123 e. The number of aromatic nitrogens is 2. The predicted molar refractivity (Wildman–Crippen MR) is 118 cm³/mol. The number of aryl methyl sites for hydroxylation is 1. The summed E-state index contributed by atoms with van der Waals surface area (Å²) in [6.07, 6.45) is 0. The van der Waals surface area contributed by atoms with E-state index in [1.165, 1.54) is 33.2 Å². The van der Waals surface area contributed by atoms with E-state index >= 15 is 0 Å². The van der Waals surface area contributed by atoms with E-state index in [-0.39, 0.29) is 0 Å². The van der Waals surface area contributed by atoms with Gasteiger partial charge in [0.1, 0.15) is 5.75 Å². The van der Waals surface area contributed by atoms with Crippen LogP contribution in [0.3, 0.4) is 0 Å². The Kier molecular flexibility index (Phi) is 5.63. The van der Waals surface area contributed by atoms with Gasteiger partial charge < -0.3 is 10.1 Å². The maximum atomic E-state index is 5.62. The molecule has 4 heteroatoms. The second kappa shape index (κ2) is 8.50. The van der Waals surface area contributed by atoms with E-state index in [0.717, 1.165) is 31.1 Å². The Balaban J connectivity index is 1.51. The molecule has 0 saturated heterocycles. The van der Waals surface area contributed by atoms with Crippen molar-refractivity contribution in [2.75, 3.05) is 7.11 Å². The summed E-state index contributed by atoms with van der Waals surface area (Å²) in [7, 11) is 1.73. The van der Waals surface area contributed by atoms with Crippen LogP contribution in [0, 0.1) is 13.8 Å². The fraction of sp³-hybridized carbons (Fsp3) is 0.240. The molecule has 0 atom stereocenters. The first-order chi connectivity index (χ1) is 14.2. The SMILES string of the molecule is COc1ccc2ccccc2c1CNCc1c(C)nn(Cc2ccccc2)c1C. The lowest BCUT2D eigenvalue weighted by Gasteiger charge is -2.13. The summed E-state index contributed by atoms with van der Waals surface area (Å²) in [5.74, 6) is 0.921. The van der Waals surface area contributed by atoms with Gasteiger partial charge in [-0.15, -0.1) is 0 Å². The van der Waals surface area contributed by atoms with Crippen LogP contribution in [0.15, 0.2) is 66.7 Å². The van der Waals surface area contributed by atoms with Gasteiger partial charge in [-0.25, -0.2) is 0 Å². The van der Waals surface area contributed by atoms with Crippen molar-refractivity contribution >= 4 is 10.8 Å². The molecule has 1 heterocycles. The molecule has 0 aliphatic rings.